The molecule has 0 radical (unpaired) electrons. The molecule has 1 aliphatic heterocycles. The van der Waals surface area contributed by atoms with E-state index in [1.54, 1.807) is 22.2 Å². The molecule has 2 heterocycles. The van der Waals surface area contributed by atoms with Crippen LogP contribution in [0, 0.1) is 0 Å². The Labute approximate surface area is 135 Å². The minimum absolute atomic E-state index is 0.190. The largest absolute Gasteiger partial charge is 0.481 e. The fourth-order valence-corrected chi connectivity index (χ4v) is 2.61. The van der Waals surface area contributed by atoms with Crippen LogP contribution in [0.4, 0.5) is 0 Å². The Hall–Kier alpha value is -2.09. The molecule has 1 saturated heterocycles. The number of hydrogen-bond acceptors (Lipinski definition) is 5. The molecule has 1 aliphatic rings. The molecular formula is C14H20N4O3S. The van der Waals surface area contributed by atoms with E-state index in [1.807, 2.05) is 6.92 Å². The first-order valence-corrected chi connectivity index (χ1v) is 7.49. The molecule has 120 valence electrons. The van der Waals surface area contributed by atoms with Crippen molar-refractivity contribution in [1.82, 2.24) is 20.3 Å². The molecule has 2 rings (SSSR count). The van der Waals surface area contributed by atoms with Gasteiger partial charge in [0.05, 0.1) is 14.2 Å². The number of nitrogens with zero attached hydrogens (tertiary/aromatic N) is 3. The van der Waals surface area contributed by atoms with E-state index in [0.717, 1.165) is 6.42 Å². The number of nitrogens with one attached hydrogen (secondary N) is 1. The van der Waals surface area contributed by atoms with Crippen molar-refractivity contribution >= 4 is 23.2 Å². The third kappa shape index (κ3) is 3.22. The summed E-state index contributed by atoms with van der Waals surface area (Å²) in [6.07, 6.45) is 0.864. The van der Waals surface area contributed by atoms with Gasteiger partial charge in [0.1, 0.15) is 5.56 Å². The lowest BCUT2D eigenvalue weighted by atomic mass is 10.2. The Morgan fingerprint density at radius 3 is 2.68 bits per heavy atom. The van der Waals surface area contributed by atoms with Gasteiger partial charge in [0.15, 0.2) is 5.11 Å². The van der Waals surface area contributed by atoms with Gasteiger partial charge in [-0.2, -0.15) is 4.98 Å². The molecule has 1 amide bonds. The number of thiocarbonyl (C=S) groups is 1. The number of methoxy groups -OCH3 is 2. The zero-order valence-electron chi connectivity index (χ0n) is 13.0. The Morgan fingerprint density at radius 2 is 2.05 bits per heavy atom. The van der Waals surface area contributed by atoms with Gasteiger partial charge in [-0.05, 0) is 31.6 Å². The molecule has 8 heteroatoms. The summed E-state index contributed by atoms with van der Waals surface area (Å²) in [5.41, 5.74) is 0.384. The minimum Gasteiger partial charge on any atom is -0.481 e. The van der Waals surface area contributed by atoms with E-state index in [-0.39, 0.29) is 11.8 Å². The summed E-state index contributed by atoms with van der Waals surface area (Å²) < 4.78 is 10.3. The molecular weight excluding hydrogens is 304 g/mol. The van der Waals surface area contributed by atoms with Gasteiger partial charge in [-0.25, -0.2) is 5.01 Å². The third-order valence-electron chi connectivity index (χ3n) is 3.30. The molecule has 7 nitrogen and oxygen atoms in total. The monoisotopic (exact) mass is 324 g/mol. The number of pyridine rings is 1. The van der Waals surface area contributed by atoms with E-state index < -0.39 is 0 Å². The number of rotatable bonds is 4. The van der Waals surface area contributed by atoms with Gasteiger partial charge in [-0.3, -0.25) is 9.80 Å². The summed E-state index contributed by atoms with van der Waals surface area (Å²) in [5.74, 6) is 0.449. The van der Waals surface area contributed by atoms with Crippen molar-refractivity contribution in [1.29, 1.82) is 0 Å². The lowest BCUT2D eigenvalue weighted by Crippen LogP contribution is -2.49. The summed E-state index contributed by atoms with van der Waals surface area (Å²) >= 11 is 5.31. The highest BCUT2D eigenvalue weighted by Crippen LogP contribution is 2.23. The van der Waals surface area contributed by atoms with Crippen LogP contribution in [-0.2, 0) is 0 Å². The number of carbonyl (C=O) groups is 1. The standard InChI is InChI=1S/C14H20N4O3S/c1-4-15-14(22)18-9-5-8-17(18)13(19)10-6-7-11(20-2)16-12(10)21-3/h6-7H,4-5,8-9H2,1-3H3,(H,15,22). The molecule has 1 aromatic heterocycles. The van der Waals surface area contributed by atoms with Crippen LogP contribution in [0.3, 0.4) is 0 Å². The van der Waals surface area contributed by atoms with Gasteiger partial charge < -0.3 is 14.8 Å². The average Bonchev–Trinajstić information content (AvgIpc) is 3.03. The highest BCUT2D eigenvalue weighted by Gasteiger charge is 2.31. The first kappa shape index (κ1) is 16.3. The van der Waals surface area contributed by atoms with Crippen LogP contribution < -0.4 is 14.8 Å². The third-order valence-corrected chi connectivity index (χ3v) is 3.65. The first-order valence-electron chi connectivity index (χ1n) is 7.08. The lowest BCUT2D eigenvalue weighted by Gasteiger charge is -2.30. The molecule has 0 spiro atoms. The summed E-state index contributed by atoms with van der Waals surface area (Å²) in [6.45, 7) is 4.00. The van der Waals surface area contributed by atoms with Gasteiger partial charge in [-0.1, -0.05) is 0 Å². The fraction of sp³-hybridized carbons (Fsp3) is 0.500. The normalized spacial score (nSPS) is 14.0. The summed E-state index contributed by atoms with van der Waals surface area (Å²) in [4.78, 5) is 16.9. The van der Waals surface area contributed by atoms with E-state index >= 15 is 0 Å². The molecule has 0 atom stereocenters. The second kappa shape index (κ2) is 7.26. The molecule has 1 aromatic rings. The second-order valence-electron chi connectivity index (χ2n) is 4.65. The molecule has 1 N–H and O–H groups in total. The zero-order valence-corrected chi connectivity index (χ0v) is 13.8. The van der Waals surface area contributed by atoms with E-state index in [2.05, 4.69) is 10.3 Å². The summed E-state index contributed by atoms with van der Waals surface area (Å²) in [5, 5.41) is 7.02. The van der Waals surface area contributed by atoms with Crippen molar-refractivity contribution < 1.29 is 14.3 Å². The number of carbonyl (C=O) groups excluding carboxylic acids is 1. The van der Waals surface area contributed by atoms with Crippen LogP contribution in [0.25, 0.3) is 0 Å². The Kier molecular flexibility index (Phi) is 5.37. The fourth-order valence-electron chi connectivity index (χ4n) is 2.27. The van der Waals surface area contributed by atoms with Crippen molar-refractivity contribution in [3.05, 3.63) is 17.7 Å². The van der Waals surface area contributed by atoms with Crippen LogP contribution in [-0.4, -0.2) is 59.9 Å². The van der Waals surface area contributed by atoms with Crippen molar-refractivity contribution in [3.63, 3.8) is 0 Å². The first-order chi connectivity index (χ1) is 10.6. The quantitative estimate of drug-likeness (QED) is 0.831. The zero-order chi connectivity index (χ0) is 16.1. The minimum atomic E-state index is -0.190. The maximum absolute atomic E-state index is 12.8. The Morgan fingerprint density at radius 1 is 1.32 bits per heavy atom. The van der Waals surface area contributed by atoms with Crippen LogP contribution >= 0.6 is 12.2 Å². The van der Waals surface area contributed by atoms with Gasteiger partial charge in [-0.15, -0.1) is 0 Å². The van der Waals surface area contributed by atoms with Crippen molar-refractivity contribution in [3.8, 4) is 11.8 Å². The van der Waals surface area contributed by atoms with E-state index in [1.165, 1.54) is 14.2 Å². The highest BCUT2D eigenvalue weighted by molar-refractivity contribution is 7.80. The second-order valence-corrected chi connectivity index (χ2v) is 5.04. The molecule has 0 saturated carbocycles. The molecule has 0 bridgehead atoms. The van der Waals surface area contributed by atoms with Crippen LogP contribution in [0.5, 0.6) is 11.8 Å². The maximum Gasteiger partial charge on any atom is 0.277 e. The Balaban J connectivity index is 2.25. The van der Waals surface area contributed by atoms with Gasteiger partial charge in [0.25, 0.3) is 5.91 Å². The number of ether oxygens (including phenoxy) is 2. The van der Waals surface area contributed by atoms with Crippen LogP contribution in [0.2, 0.25) is 0 Å². The maximum atomic E-state index is 12.8. The molecule has 0 aromatic carbocycles. The van der Waals surface area contributed by atoms with E-state index in [0.29, 0.717) is 36.2 Å². The van der Waals surface area contributed by atoms with Crippen molar-refractivity contribution in [2.24, 2.45) is 0 Å². The topological polar surface area (TPSA) is 66.9 Å². The number of aromatic nitrogens is 1. The van der Waals surface area contributed by atoms with Gasteiger partial charge in [0.2, 0.25) is 11.8 Å². The van der Waals surface area contributed by atoms with Crippen LogP contribution in [0.1, 0.15) is 23.7 Å². The van der Waals surface area contributed by atoms with E-state index in [4.69, 9.17) is 21.7 Å². The number of amides is 1. The van der Waals surface area contributed by atoms with Crippen molar-refractivity contribution in [2.75, 3.05) is 33.9 Å². The predicted molar refractivity (Wildman–Crippen MR) is 86.0 cm³/mol. The molecule has 1 fully saturated rings. The predicted octanol–water partition coefficient (Wildman–Crippen LogP) is 1.06. The SMILES string of the molecule is CCNC(=S)N1CCCN1C(=O)c1ccc(OC)nc1OC. The smallest absolute Gasteiger partial charge is 0.277 e. The molecule has 22 heavy (non-hydrogen) atoms. The highest BCUT2D eigenvalue weighted by atomic mass is 32.1. The van der Waals surface area contributed by atoms with Crippen molar-refractivity contribution in [2.45, 2.75) is 13.3 Å². The van der Waals surface area contributed by atoms with Gasteiger partial charge >= 0.3 is 0 Å². The molecule has 0 aliphatic carbocycles. The number of hydrogen-bond donors (Lipinski definition) is 1. The van der Waals surface area contributed by atoms with E-state index in [9.17, 15) is 4.79 Å². The number of hydrazine groups is 1. The summed E-state index contributed by atoms with van der Waals surface area (Å²) in [6, 6.07) is 3.29. The Bertz CT molecular complexity index is 567. The van der Waals surface area contributed by atoms with Crippen LogP contribution in [0.15, 0.2) is 12.1 Å². The lowest BCUT2D eigenvalue weighted by molar-refractivity contribution is 0.0488. The average molecular weight is 324 g/mol. The van der Waals surface area contributed by atoms with Gasteiger partial charge in [0, 0.05) is 25.7 Å². The molecule has 0 unspecified atom stereocenters. The summed E-state index contributed by atoms with van der Waals surface area (Å²) in [7, 11) is 2.99.